The van der Waals surface area contributed by atoms with Gasteiger partial charge in [0.15, 0.2) is 24.6 Å². The second kappa shape index (κ2) is 52.6. The molecule has 1 fully saturated rings. The van der Waals surface area contributed by atoms with Crippen molar-refractivity contribution < 1.29 is 58.2 Å². The molecule has 0 saturated carbocycles. The van der Waals surface area contributed by atoms with Gasteiger partial charge in [-0.15, -0.1) is 0 Å². The summed E-state index contributed by atoms with van der Waals surface area (Å²) in [7, 11) is 0. The minimum absolute atomic E-state index is 0.0672. The van der Waals surface area contributed by atoms with Crippen molar-refractivity contribution in [3.63, 3.8) is 0 Å². The summed E-state index contributed by atoms with van der Waals surface area (Å²) in [5.41, 5.74) is 0. The van der Waals surface area contributed by atoms with E-state index in [9.17, 15) is 34.5 Å². The first-order valence-corrected chi connectivity index (χ1v) is 30.6. The number of carboxylic acids is 1. The van der Waals surface area contributed by atoms with Crippen molar-refractivity contribution in [3.8, 4) is 0 Å². The van der Waals surface area contributed by atoms with Crippen LogP contribution < -0.4 is 0 Å². The summed E-state index contributed by atoms with van der Waals surface area (Å²) in [4.78, 5) is 51.1. The van der Waals surface area contributed by atoms with E-state index in [0.717, 1.165) is 89.9 Å². The van der Waals surface area contributed by atoms with Crippen LogP contribution in [-0.4, -0.2) is 89.2 Å². The van der Waals surface area contributed by atoms with Gasteiger partial charge in [0.1, 0.15) is 18.8 Å². The highest BCUT2D eigenvalue weighted by Gasteiger charge is 2.50. The Morgan fingerprint density at radius 3 is 1.34 bits per heavy atom. The van der Waals surface area contributed by atoms with Crippen LogP contribution in [0, 0.1) is 0 Å². The number of unbranched alkanes of at least 4 members (excludes halogenated alkanes) is 23. The number of carboxylic acid groups (broad SMARTS) is 1. The fourth-order valence-corrected chi connectivity index (χ4v) is 8.79. The molecule has 3 N–H and O–H groups in total. The van der Waals surface area contributed by atoms with Crippen LogP contribution in [0.1, 0.15) is 252 Å². The molecule has 77 heavy (non-hydrogen) atoms. The molecule has 0 spiro atoms. The summed E-state index contributed by atoms with van der Waals surface area (Å²) < 4.78 is 28.3. The molecule has 6 atom stereocenters. The van der Waals surface area contributed by atoms with E-state index >= 15 is 0 Å². The molecule has 0 bridgehead atoms. The topological polar surface area (TPSA) is 175 Å². The molecule has 12 nitrogen and oxygen atoms in total. The number of hydrogen-bond donors (Lipinski definition) is 3. The number of ether oxygens (including phenoxy) is 5. The van der Waals surface area contributed by atoms with Crippen LogP contribution in [0.2, 0.25) is 0 Å². The molecule has 0 radical (unpaired) electrons. The standard InChI is InChI=1S/C65H108O12/c1-4-7-10-13-16-19-22-24-26-28-29-31-33-35-38-41-44-47-50-53-59(68)76-63-61(70)60(69)62(64(71)72)77-65(63)74-55-56(75-58(67)52-49-46-43-40-36-21-18-15-12-9-6-3)54-73-57(66)51-48-45-42-39-37-34-32-30-27-25-23-20-17-14-11-8-5-2/h7,10,15-16,18-19,24,26,29,31,35,38,44,47,56,60-63,65,69-70H,4-6,8-9,11-14,17,20-23,25,27-28,30,32-34,36-37,39-43,45-46,48-55H2,1-3H3,(H,71,72)/b10-7-,18-15-,19-16-,26-24-,31-29-,38-35-,47-44-. The summed E-state index contributed by atoms with van der Waals surface area (Å²) in [5.74, 6) is -3.24. The highest BCUT2D eigenvalue weighted by molar-refractivity contribution is 5.74. The predicted octanol–water partition coefficient (Wildman–Crippen LogP) is 15.9. The van der Waals surface area contributed by atoms with Gasteiger partial charge in [0.25, 0.3) is 0 Å². The molecule has 6 unspecified atom stereocenters. The maximum absolute atomic E-state index is 13.1. The number of carbonyl (C=O) groups is 4. The lowest BCUT2D eigenvalue weighted by Gasteiger charge is -2.40. The molecule has 0 aliphatic carbocycles. The van der Waals surface area contributed by atoms with E-state index in [1.54, 1.807) is 0 Å². The number of carbonyl (C=O) groups excluding carboxylic acids is 3. The summed E-state index contributed by atoms with van der Waals surface area (Å²) in [6.07, 6.45) is 55.7. The van der Waals surface area contributed by atoms with Gasteiger partial charge in [-0.3, -0.25) is 14.4 Å². The van der Waals surface area contributed by atoms with E-state index in [2.05, 4.69) is 87.6 Å². The predicted molar refractivity (Wildman–Crippen MR) is 312 cm³/mol. The van der Waals surface area contributed by atoms with Crippen molar-refractivity contribution in [2.45, 2.75) is 289 Å². The third-order valence-corrected chi connectivity index (χ3v) is 13.5. The lowest BCUT2D eigenvalue weighted by Crippen LogP contribution is -2.61. The Bertz CT molecular complexity index is 1660. The number of allylic oxidation sites excluding steroid dienone is 14. The Kier molecular flexibility index (Phi) is 48.4. The molecule has 1 aliphatic heterocycles. The minimum atomic E-state index is -1.93. The Morgan fingerprint density at radius 1 is 0.442 bits per heavy atom. The molecule has 440 valence electrons. The first kappa shape index (κ1) is 70.9. The smallest absolute Gasteiger partial charge is 0.335 e. The van der Waals surface area contributed by atoms with Crippen molar-refractivity contribution >= 4 is 23.9 Å². The van der Waals surface area contributed by atoms with Gasteiger partial charge in [-0.25, -0.2) is 4.79 Å². The van der Waals surface area contributed by atoms with Crippen LogP contribution in [0.15, 0.2) is 85.1 Å². The van der Waals surface area contributed by atoms with Gasteiger partial charge >= 0.3 is 23.9 Å². The van der Waals surface area contributed by atoms with Crippen LogP contribution in [0.3, 0.4) is 0 Å². The molecule has 1 heterocycles. The van der Waals surface area contributed by atoms with Gasteiger partial charge in [0, 0.05) is 19.3 Å². The number of aliphatic carboxylic acids is 1. The van der Waals surface area contributed by atoms with Crippen molar-refractivity contribution in [2.75, 3.05) is 13.2 Å². The zero-order valence-corrected chi connectivity index (χ0v) is 48.4. The van der Waals surface area contributed by atoms with Crippen molar-refractivity contribution in [1.82, 2.24) is 0 Å². The molecule has 0 aromatic heterocycles. The van der Waals surface area contributed by atoms with E-state index in [0.29, 0.717) is 25.7 Å². The highest BCUT2D eigenvalue weighted by atomic mass is 16.7. The SMILES string of the molecule is CC/C=C\C/C=C\C/C=C\C/C=C\C/C=C\C/C=C\CCC(=O)OC1C(OCC(COC(=O)CCCCCCCCCCCCCCCCCCC)OC(=O)CCCCCCC/C=C\CCCC)OC(C(=O)O)C(O)C1O. The van der Waals surface area contributed by atoms with E-state index < -0.39 is 67.3 Å². The quantitative estimate of drug-likeness (QED) is 0.0228. The molecular weight excluding hydrogens is 973 g/mol. The Morgan fingerprint density at radius 2 is 0.857 bits per heavy atom. The molecule has 1 rings (SSSR count). The maximum atomic E-state index is 13.1. The summed E-state index contributed by atoms with van der Waals surface area (Å²) >= 11 is 0. The molecule has 0 aromatic carbocycles. The van der Waals surface area contributed by atoms with Crippen molar-refractivity contribution in [3.05, 3.63) is 85.1 Å². The van der Waals surface area contributed by atoms with Crippen LogP contribution in [0.5, 0.6) is 0 Å². The largest absolute Gasteiger partial charge is 0.479 e. The number of aliphatic hydroxyl groups excluding tert-OH is 2. The van der Waals surface area contributed by atoms with Gasteiger partial charge in [-0.2, -0.15) is 0 Å². The van der Waals surface area contributed by atoms with Gasteiger partial charge in [0.05, 0.1) is 6.61 Å². The van der Waals surface area contributed by atoms with E-state index in [4.69, 9.17) is 23.7 Å². The first-order chi connectivity index (χ1) is 37.6. The molecule has 12 heteroatoms. The van der Waals surface area contributed by atoms with Gasteiger partial charge < -0.3 is 39.0 Å². The third kappa shape index (κ3) is 42.5. The zero-order chi connectivity index (χ0) is 56.1. The number of esters is 3. The fraction of sp³-hybridized carbons (Fsp3) is 0.723. The Balaban J connectivity index is 2.69. The monoisotopic (exact) mass is 1080 g/mol. The lowest BCUT2D eigenvalue weighted by atomic mass is 9.98. The van der Waals surface area contributed by atoms with Crippen molar-refractivity contribution in [2.24, 2.45) is 0 Å². The second-order valence-corrected chi connectivity index (χ2v) is 20.6. The molecular formula is C65H108O12. The third-order valence-electron chi connectivity index (χ3n) is 13.5. The van der Waals surface area contributed by atoms with Crippen LogP contribution >= 0.6 is 0 Å². The molecule has 1 aliphatic rings. The second-order valence-electron chi connectivity index (χ2n) is 20.6. The number of rotatable bonds is 51. The van der Waals surface area contributed by atoms with Gasteiger partial charge in [-0.05, 0) is 77.0 Å². The minimum Gasteiger partial charge on any atom is -0.479 e. The summed E-state index contributed by atoms with van der Waals surface area (Å²) in [5, 5.41) is 31.5. The van der Waals surface area contributed by atoms with Gasteiger partial charge in [0.2, 0.25) is 0 Å². The first-order valence-electron chi connectivity index (χ1n) is 30.6. The van der Waals surface area contributed by atoms with E-state index in [1.165, 1.54) is 96.3 Å². The van der Waals surface area contributed by atoms with Crippen LogP contribution in [0.25, 0.3) is 0 Å². The highest BCUT2D eigenvalue weighted by Crippen LogP contribution is 2.26. The average Bonchev–Trinajstić information content (AvgIpc) is 3.42. The zero-order valence-electron chi connectivity index (χ0n) is 48.4. The molecule has 0 amide bonds. The number of hydrogen-bond acceptors (Lipinski definition) is 11. The maximum Gasteiger partial charge on any atom is 0.335 e. The fourth-order valence-electron chi connectivity index (χ4n) is 8.79. The number of aliphatic hydroxyl groups is 2. The molecule has 0 aromatic rings. The Labute approximate surface area is 467 Å². The van der Waals surface area contributed by atoms with E-state index in [-0.39, 0.29) is 25.9 Å². The van der Waals surface area contributed by atoms with Crippen LogP contribution in [0.4, 0.5) is 0 Å². The summed E-state index contributed by atoms with van der Waals surface area (Å²) in [6, 6.07) is 0. The lowest BCUT2D eigenvalue weighted by molar-refractivity contribution is -0.301. The van der Waals surface area contributed by atoms with E-state index in [1.807, 2.05) is 18.2 Å². The Hall–Kier alpha value is -4.10. The van der Waals surface area contributed by atoms with Gasteiger partial charge in [-0.1, -0.05) is 241 Å². The van der Waals surface area contributed by atoms with Crippen molar-refractivity contribution in [1.29, 1.82) is 0 Å². The summed E-state index contributed by atoms with van der Waals surface area (Å²) in [6.45, 7) is 5.81. The average molecular weight is 1080 g/mol. The van der Waals surface area contributed by atoms with Crippen LogP contribution in [-0.2, 0) is 42.9 Å². The normalized spacial score (nSPS) is 18.6. The molecule has 1 saturated heterocycles.